The maximum absolute atomic E-state index is 13.7. The number of nitrogens with two attached hydrogens (primary N) is 1. The highest BCUT2D eigenvalue weighted by Crippen LogP contribution is 2.33. The van der Waals surface area contributed by atoms with E-state index in [1.54, 1.807) is 9.58 Å². The molecule has 5 rings (SSSR count). The van der Waals surface area contributed by atoms with Crippen LogP contribution in [0.15, 0.2) is 34.0 Å². The summed E-state index contributed by atoms with van der Waals surface area (Å²) in [5.74, 6) is -0.235. The molecule has 1 amide bonds. The molecule has 3 aromatic heterocycles. The predicted octanol–water partition coefficient (Wildman–Crippen LogP) is 3.86. The van der Waals surface area contributed by atoms with Crippen molar-refractivity contribution in [2.45, 2.75) is 91.9 Å². The van der Waals surface area contributed by atoms with Gasteiger partial charge in [-0.15, -0.1) is 0 Å². The molecule has 0 atom stereocenters. The molecule has 13 heteroatoms. The third-order valence-electron chi connectivity index (χ3n) is 7.92. The number of aromatic nitrogens is 5. The molecule has 3 N–H and O–H groups in total. The van der Waals surface area contributed by atoms with Gasteiger partial charge in [-0.2, -0.15) is 9.49 Å². The lowest BCUT2D eigenvalue weighted by molar-refractivity contribution is 0.0980. The Balaban J connectivity index is 0.00000216. The minimum atomic E-state index is -0.649. The van der Waals surface area contributed by atoms with Crippen LogP contribution in [0, 0.1) is 5.95 Å². The van der Waals surface area contributed by atoms with Gasteiger partial charge in [0.25, 0.3) is 11.5 Å². The largest absolute Gasteiger partial charge is 0.383 e. The fourth-order valence-electron chi connectivity index (χ4n) is 5.52. The first kappa shape index (κ1) is 32.9. The Morgan fingerprint density at radius 2 is 1.84 bits per heavy atom. The summed E-state index contributed by atoms with van der Waals surface area (Å²) in [7, 11) is 0. The second-order valence-corrected chi connectivity index (χ2v) is 11.0. The second kappa shape index (κ2) is 15.1. The zero-order chi connectivity index (χ0) is 31.8. The highest BCUT2D eigenvalue weighted by molar-refractivity contribution is 6.05. The van der Waals surface area contributed by atoms with E-state index in [1.807, 2.05) is 33.8 Å². The summed E-state index contributed by atoms with van der Waals surface area (Å²) in [6.07, 6.45) is 7.01. The number of pyridine rings is 1. The Kier molecular flexibility index (Phi) is 11.3. The zero-order valence-corrected chi connectivity index (χ0v) is 26.4. The lowest BCUT2D eigenvalue weighted by Gasteiger charge is -2.30. The van der Waals surface area contributed by atoms with Gasteiger partial charge >= 0.3 is 5.69 Å². The zero-order valence-electron chi connectivity index (χ0n) is 26.4. The van der Waals surface area contributed by atoms with Crippen molar-refractivity contribution >= 4 is 23.2 Å². The van der Waals surface area contributed by atoms with E-state index in [9.17, 15) is 18.8 Å². The number of piperidine rings is 1. The van der Waals surface area contributed by atoms with Gasteiger partial charge in [0.15, 0.2) is 0 Å². The van der Waals surface area contributed by atoms with Crippen molar-refractivity contribution in [1.29, 1.82) is 0 Å². The number of anilines is 3. The smallest absolute Gasteiger partial charge is 0.332 e. The number of nitrogens with zero attached hydrogens (tertiary/aromatic N) is 7. The lowest BCUT2D eigenvalue weighted by atomic mass is 10.1. The number of nitrogens with one attached hydrogen (secondary N) is 1. The van der Waals surface area contributed by atoms with Gasteiger partial charge in [-0.1, -0.05) is 27.2 Å². The molecule has 44 heavy (non-hydrogen) atoms. The van der Waals surface area contributed by atoms with E-state index in [4.69, 9.17) is 10.8 Å². The Hall–Kier alpha value is -4.00. The number of amides is 1. The van der Waals surface area contributed by atoms with Crippen LogP contribution in [-0.2, 0) is 19.6 Å². The maximum atomic E-state index is 13.7. The normalized spacial score (nSPS) is 15.0. The number of hydrogen-bond acceptors (Lipinski definition) is 8. The van der Waals surface area contributed by atoms with Gasteiger partial charge in [-0.05, 0) is 64.3 Å². The van der Waals surface area contributed by atoms with Crippen LogP contribution in [0.4, 0.5) is 21.7 Å². The standard InChI is InChI=1S/C29H40FN9O3.C2H6/c1-3-12-37-26(31)25(28(41)39(29(37)42)22-9-10-22)33-19-21-17-24(38(4-2)34-21)36(16-15-35-13-6-5-7-14-35)27(40)20-8-11-23(30)32-18-20;1-2/h8,11,17-18,22,33H,3-7,9-10,12-16,19,31H2,1-2H3;1-2H3. The van der Waals surface area contributed by atoms with Crippen molar-refractivity contribution in [1.82, 2.24) is 28.8 Å². The van der Waals surface area contributed by atoms with Gasteiger partial charge in [-0.25, -0.2) is 14.5 Å². The van der Waals surface area contributed by atoms with E-state index in [0.29, 0.717) is 44.1 Å². The monoisotopic (exact) mass is 611 g/mol. The molecule has 1 aliphatic heterocycles. The summed E-state index contributed by atoms with van der Waals surface area (Å²) in [6, 6.07) is 4.34. The molecule has 2 fully saturated rings. The third kappa shape index (κ3) is 7.37. The van der Waals surface area contributed by atoms with Gasteiger partial charge < -0.3 is 16.0 Å². The number of rotatable bonds is 12. The van der Waals surface area contributed by atoms with E-state index in [-0.39, 0.29) is 41.3 Å². The van der Waals surface area contributed by atoms with Crippen molar-refractivity contribution in [3.05, 3.63) is 62.4 Å². The molecule has 1 saturated carbocycles. The Bertz CT molecular complexity index is 1520. The summed E-state index contributed by atoms with van der Waals surface area (Å²) in [5.41, 5.74) is 6.60. The van der Waals surface area contributed by atoms with Gasteiger partial charge in [0.1, 0.15) is 17.3 Å². The number of hydrogen-bond donors (Lipinski definition) is 2. The fraction of sp³-hybridized carbons (Fsp3) is 0.581. The van der Waals surface area contributed by atoms with Crippen LogP contribution in [0.25, 0.3) is 0 Å². The van der Waals surface area contributed by atoms with Gasteiger partial charge in [-0.3, -0.25) is 23.6 Å². The van der Waals surface area contributed by atoms with Crippen molar-refractivity contribution < 1.29 is 9.18 Å². The molecule has 240 valence electrons. The Labute approximate surface area is 257 Å². The molecule has 0 spiro atoms. The van der Waals surface area contributed by atoms with E-state index in [2.05, 4.69) is 15.2 Å². The van der Waals surface area contributed by atoms with Crippen LogP contribution >= 0.6 is 0 Å². The Morgan fingerprint density at radius 1 is 1.11 bits per heavy atom. The molecular weight excluding hydrogens is 565 g/mol. The average molecular weight is 612 g/mol. The highest BCUT2D eigenvalue weighted by Gasteiger charge is 2.30. The molecule has 0 radical (unpaired) electrons. The van der Waals surface area contributed by atoms with E-state index >= 15 is 0 Å². The molecular formula is C31H46FN9O3. The molecule has 0 aromatic carbocycles. The van der Waals surface area contributed by atoms with Gasteiger partial charge in [0.05, 0.1) is 17.8 Å². The SMILES string of the molecule is CC.CCCn1c(N)c(NCc2cc(N(CCN3CCCCC3)C(=O)c3ccc(F)nc3)n(CC)n2)c(=O)n(C2CC2)c1=O. The third-order valence-corrected chi connectivity index (χ3v) is 7.92. The van der Waals surface area contributed by atoms with Crippen molar-refractivity contribution in [2.75, 3.05) is 42.1 Å². The van der Waals surface area contributed by atoms with Crippen LogP contribution in [0.3, 0.4) is 0 Å². The first-order chi connectivity index (χ1) is 21.3. The second-order valence-electron chi connectivity index (χ2n) is 11.0. The Morgan fingerprint density at radius 3 is 2.45 bits per heavy atom. The van der Waals surface area contributed by atoms with Crippen molar-refractivity contribution in [3.8, 4) is 0 Å². The topological polar surface area (TPSA) is 136 Å². The van der Waals surface area contributed by atoms with Crippen LogP contribution in [0.2, 0.25) is 0 Å². The molecule has 1 aliphatic carbocycles. The molecule has 2 aliphatic rings. The molecule has 12 nitrogen and oxygen atoms in total. The molecule has 3 aromatic rings. The number of halogens is 1. The summed E-state index contributed by atoms with van der Waals surface area (Å²) in [5, 5.41) is 7.85. The van der Waals surface area contributed by atoms with Crippen LogP contribution in [-0.4, -0.2) is 60.9 Å². The number of nitrogen functional groups attached to an aromatic ring is 1. The molecule has 1 saturated heterocycles. The van der Waals surface area contributed by atoms with E-state index < -0.39 is 11.5 Å². The number of aryl methyl sites for hydroxylation is 1. The average Bonchev–Trinajstić information content (AvgIpc) is 3.79. The van der Waals surface area contributed by atoms with Crippen LogP contribution in [0.5, 0.6) is 0 Å². The summed E-state index contributed by atoms with van der Waals surface area (Å²) < 4.78 is 18.0. The molecule has 0 bridgehead atoms. The quantitative estimate of drug-likeness (QED) is 0.295. The molecule has 0 unspecified atom stereocenters. The van der Waals surface area contributed by atoms with Crippen LogP contribution in [0.1, 0.15) is 88.3 Å². The van der Waals surface area contributed by atoms with Crippen molar-refractivity contribution in [3.63, 3.8) is 0 Å². The first-order valence-corrected chi connectivity index (χ1v) is 15.9. The summed E-state index contributed by atoms with van der Waals surface area (Å²) in [4.78, 5) is 47.7. The summed E-state index contributed by atoms with van der Waals surface area (Å²) in [6.45, 7) is 12.1. The van der Waals surface area contributed by atoms with Gasteiger partial charge in [0, 0.05) is 44.5 Å². The number of carbonyl (C=O) groups is 1. The van der Waals surface area contributed by atoms with Crippen molar-refractivity contribution in [2.24, 2.45) is 0 Å². The predicted molar refractivity (Wildman–Crippen MR) is 171 cm³/mol. The summed E-state index contributed by atoms with van der Waals surface area (Å²) >= 11 is 0. The van der Waals surface area contributed by atoms with E-state index in [1.165, 1.54) is 33.9 Å². The van der Waals surface area contributed by atoms with E-state index in [0.717, 1.165) is 38.8 Å². The van der Waals surface area contributed by atoms with Gasteiger partial charge in [0.2, 0.25) is 5.95 Å². The maximum Gasteiger partial charge on any atom is 0.332 e. The fourth-order valence-corrected chi connectivity index (χ4v) is 5.52. The minimum absolute atomic E-state index is 0.0967. The van der Waals surface area contributed by atoms with Crippen LogP contribution < -0.4 is 27.2 Å². The highest BCUT2D eigenvalue weighted by atomic mass is 19.1. The number of likely N-dealkylation sites (tertiary alicyclic amines) is 1. The lowest BCUT2D eigenvalue weighted by Crippen LogP contribution is -2.42. The molecule has 4 heterocycles. The first-order valence-electron chi connectivity index (χ1n) is 15.9. The minimum Gasteiger partial charge on any atom is -0.383 e. The number of carbonyl (C=O) groups excluding carboxylic acids is 1.